The molecular weight excluding hydrogens is 603 g/mol. The van der Waals surface area contributed by atoms with Crippen LogP contribution in [0, 0.1) is 0 Å². The number of amides is 1. The lowest BCUT2D eigenvalue weighted by Gasteiger charge is -2.23. The molecular formula is C23H20BrCl3N2O5S. The van der Waals surface area contributed by atoms with Crippen molar-refractivity contribution in [1.82, 2.24) is 4.31 Å². The van der Waals surface area contributed by atoms with E-state index in [1.807, 2.05) is 0 Å². The molecule has 0 fully saturated rings. The van der Waals surface area contributed by atoms with Crippen LogP contribution in [0.4, 0.5) is 5.69 Å². The Morgan fingerprint density at radius 1 is 0.943 bits per heavy atom. The predicted molar refractivity (Wildman–Crippen MR) is 141 cm³/mol. The van der Waals surface area contributed by atoms with Crippen molar-refractivity contribution >= 4 is 72.4 Å². The fraction of sp³-hybridized carbons (Fsp3) is 0.174. The van der Waals surface area contributed by atoms with Crippen molar-refractivity contribution in [3.8, 4) is 11.5 Å². The third-order valence-electron chi connectivity index (χ3n) is 4.88. The molecule has 0 saturated heterocycles. The minimum atomic E-state index is -4.08. The van der Waals surface area contributed by atoms with Crippen molar-refractivity contribution in [3.05, 3.63) is 79.7 Å². The molecule has 0 aromatic heterocycles. The summed E-state index contributed by atoms with van der Waals surface area (Å²) >= 11 is 21.7. The zero-order valence-electron chi connectivity index (χ0n) is 18.5. The van der Waals surface area contributed by atoms with Crippen LogP contribution in [-0.4, -0.2) is 39.4 Å². The average Bonchev–Trinajstić information content (AvgIpc) is 2.81. The second-order valence-electron chi connectivity index (χ2n) is 7.20. The molecule has 1 N–H and O–H groups in total. The highest BCUT2D eigenvalue weighted by Gasteiger charge is 2.28. The molecule has 35 heavy (non-hydrogen) atoms. The summed E-state index contributed by atoms with van der Waals surface area (Å²) in [6.07, 6.45) is 0. The van der Waals surface area contributed by atoms with Crippen molar-refractivity contribution in [2.24, 2.45) is 0 Å². The molecule has 0 spiro atoms. The lowest BCUT2D eigenvalue weighted by Crippen LogP contribution is -2.37. The summed E-state index contributed by atoms with van der Waals surface area (Å²) in [5.41, 5.74) is 0.750. The number of halogens is 4. The number of hydrogen-bond donors (Lipinski definition) is 1. The Bertz CT molecular complexity index is 1340. The van der Waals surface area contributed by atoms with Crippen LogP contribution in [0.2, 0.25) is 15.1 Å². The molecule has 0 bridgehead atoms. The van der Waals surface area contributed by atoms with Gasteiger partial charge in [0, 0.05) is 33.2 Å². The van der Waals surface area contributed by atoms with Gasteiger partial charge in [-0.25, -0.2) is 8.42 Å². The van der Waals surface area contributed by atoms with Gasteiger partial charge in [-0.1, -0.05) is 56.8 Å². The van der Waals surface area contributed by atoms with Gasteiger partial charge in [0.15, 0.2) is 0 Å². The minimum absolute atomic E-state index is 0.0179. The zero-order chi connectivity index (χ0) is 25.8. The number of nitrogens with one attached hydrogen (secondary N) is 1. The monoisotopic (exact) mass is 620 g/mol. The summed E-state index contributed by atoms with van der Waals surface area (Å²) in [6, 6.07) is 13.8. The van der Waals surface area contributed by atoms with Gasteiger partial charge in [0.05, 0.1) is 36.4 Å². The summed E-state index contributed by atoms with van der Waals surface area (Å²) in [4.78, 5) is 13.0. The lowest BCUT2D eigenvalue weighted by molar-refractivity contribution is -0.116. The van der Waals surface area contributed by atoms with Gasteiger partial charge in [-0.2, -0.15) is 4.31 Å². The second kappa shape index (κ2) is 11.8. The van der Waals surface area contributed by atoms with E-state index in [9.17, 15) is 13.2 Å². The highest BCUT2D eigenvalue weighted by Crippen LogP contribution is 2.36. The molecule has 3 aromatic carbocycles. The second-order valence-corrected chi connectivity index (χ2v) is 11.3. The summed E-state index contributed by atoms with van der Waals surface area (Å²) in [6.45, 7) is -0.672. The van der Waals surface area contributed by atoms with E-state index >= 15 is 0 Å². The standard InChI is InChI=1S/C23H20BrCl3N2O5S/c1-33-21-11-20(22(34-2)10-19(21)27)28-23(30)13-29(12-14-3-6-16(25)9-18(14)26)35(31,32)17-7-4-15(24)5-8-17/h3-11H,12-13H2,1-2H3,(H,28,30). The summed E-state index contributed by atoms with van der Waals surface area (Å²) < 4.78 is 39.2. The molecule has 0 atom stereocenters. The van der Waals surface area contributed by atoms with E-state index in [-0.39, 0.29) is 27.9 Å². The predicted octanol–water partition coefficient (Wildman–Crippen LogP) is 6.26. The molecule has 0 aliphatic rings. The van der Waals surface area contributed by atoms with E-state index in [0.29, 0.717) is 25.8 Å². The molecule has 0 radical (unpaired) electrons. The summed E-state index contributed by atoms with van der Waals surface area (Å²) in [7, 11) is -1.23. The molecule has 7 nitrogen and oxygen atoms in total. The third-order valence-corrected chi connectivity index (χ3v) is 8.10. The average molecular weight is 623 g/mol. The molecule has 3 rings (SSSR count). The van der Waals surface area contributed by atoms with Gasteiger partial charge in [0.25, 0.3) is 0 Å². The maximum absolute atomic E-state index is 13.5. The topological polar surface area (TPSA) is 84.9 Å². The number of sulfonamides is 1. The number of benzene rings is 3. The van der Waals surface area contributed by atoms with Crippen LogP contribution in [0.5, 0.6) is 11.5 Å². The molecule has 186 valence electrons. The number of nitrogens with zero attached hydrogens (tertiary/aromatic N) is 1. The Hall–Kier alpha value is -2.01. The Kier molecular flexibility index (Phi) is 9.31. The quantitative estimate of drug-likeness (QED) is 0.305. The number of methoxy groups -OCH3 is 2. The Morgan fingerprint density at radius 3 is 2.20 bits per heavy atom. The number of hydrogen-bond acceptors (Lipinski definition) is 5. The lowest BCUT2D eigenvalue weighted by atomic mass is 10.2. The molecule has 1 amide bonds. The Balaban J connectivity index is 1.95. The van der Waals surface area contributed by atoms with Gasteiger partial charge in [-0.05, 0) is 42.0 Å². The van der Waals surface area contributed by atoms with Crippen LogP contribution in [0.25, 0.3) is 0 Å². The smallest absolute Gasteiger partial charge is 0.243 e. The van der Waals surface area contributed by atoms with Crippen LogP contribution < -0.4 is 14.8 Å². The SMILES string of the molecule is COc1cc(NC(=O)CN(Cc2ccc(Cl)cc2Cl)S(=O)(=O)c2ccc(Br)cc2)c(OC)cc1Cl. The van der Waals surface area contributed by atoms with E-state index in [2.05, 4.69) is 21.2 Å². The van der Waals surface area contributed by atoms with E-state index < -0.39 is 22.5 Å². The fourth-order valence-electron chi connectivity index (χ4n) is 3.13. The highest BCUT2D eigenvalue weighted by atomic mass is 79.9. The first-order valence-electron chi connectivity index (χ1n) is 9.96. The number of rotatable bonds is 9. The van der Waals surface area contributed by atoms with Gasteiger partial charge < -0.3 is 14.8 Å². The van der Waals surface area contributed by atoms with Crippen molar-refractivity contribution in [3.63, 3.8) is 0 Å². The summed E-state index contributed by atoms with van der Waals surface area (Å²) in [5.74, 6) is -0.0132. The summed E-state index contributed by atoms with van der Waals surface area (Å²) in [5, 5.41) is 3.64. The van der Waals surface area contributed by atoms with Gasteiger partial charge in [-0.15, -0.1) is 0 Å². The normalized spacial score (nSPS) is 11.4. The minimum Gasteiger partial charge on any atom is -0.495 e. The molecule has 0 unspecified atom stereocenters. The van der Waals surface area contributed by atoms with Crippen LogP contribution in [0.15, 0.2) is 64.0 Å². The largest absolute Gasteiger partial charge is 0.495 e. The van der Waals surface area contributed by atoms with Gasteiger partial charge >= 0.3 is 0 Å². The zero-order valence-corrected chi connectivity index (χ0v) is 23.2. The van der Waals surface area contributed by atoms with Crippen molar-refractivity contribution in [1.29, 1.82) is 0 Å². The van der Waals surface area contributed by atoms with E-state index in [1.54, 1.807) is 24.3 Å². The number of carbonyl (C=O) groups excluding carboxylic acids is 1. The van der Waals surface area contributed by atoms with Gasteiger partial charge in [-0.3, -0.25) is 4.79 Å². The molecule has 3 aromatic rings. The Morgan fingerprint density at radius 2 is 1.60 bits per heavy atom. The van der Waals surface area contributed by atoms with Gasteiger partial charge in [0.1, 0.15) is 11.5 Å². The number of anilines is 1. The fourth-order valence-corrected chi connectivity index (χ4v) is 5.47. The number of ether oxygens (including phenoxy) is 2. The highest BCUT2D eigenvalue weighted by molar-refractivity contribution is 9.10. The van der Waals surface area contributed by atoms with Crippen LogP contribution >= 0.6 is 50.7 Å². The Labute approximate surface area is 227 Å². The molecule has 12 heteroatoms. The van der Waals surface area contributed by atoms with Crippen LogP contribution in [0.1, 0.15) is 5.56 Å². The molecule has 0 heterocycles. The molecule has 0 aliphatic heterocycles. The maximum atomic E-state index is 13.5. The molecule has 0 aliphatic carbocycles. The van der Waals surface area contributed by atoms with Crippen molar-refractivity contribution in [2.75, 3.05) is 26.1 Å². The third kappa shape index (κ3) is 6.81. The van der Waals surface area contributed by atoms with E-state index in [0.717, 1.165) is 4.31 Å². The first-order valence-corrected chi connectivity index (χ1v) is 13.3. The molecule has 0 saturated carbocycles. The maximum Gasteiger partial charge on any atom is 0.243 e. The number of carbonyl (C=O) groups is 1. The van der Waals surface area contributed by atoms with E-state index in [4.69, 9.17) is 44.3 Å². The van der Waals surface area contributed by atoms with Crippen LogP contribution in [0.3, 0.4) is 0 Å². The van der Waals surface area contributed by atoms with Crippen molar-refractivity contribution < 1.29 is 22.7 Å². The van der Waals surface area contributed by atoms with Crippen LogP contribution in [-0.2, 0) is 21.4 Å². The first kappa shape index (κ1) is 27.6. The van der Waals surface area contributed by atoms with Gasteiger partial charge in [0.2, 0.25) is 15.9 Å². The van der Waals surface area contributed by atoms with Crippen molar-refractivity contribution in [2.45, 2.75) is 11.4 Å². The van der Waals surface area contributed by atoms with E-state index in [1.165, 1.54) is 44.6 Å². The first-order chi connectivity index (χ1) is 16.5.